The van der Waals surface area contributed by atoms with E-state index in [4.69, 9.17) is 22.7 Å². The summed E-state index contributed by atoms with van der Waals surface area (Å²) in [5.74, 6) is 0.266. The van der Waals surface area contributed by atoms with E-state index in [0.29, 0.717) is 19.7 Å². The van der Waals surface area contributed by atoms with E-state index < -0.39 is 15.3 Å². The standard InChI is InChI=1S/C10H20N2O3S2/c1-8(10(11)16)17(13,14)12-5-3-4-9(6-12)7-15-2/h8-9H,3-7H2,1-2H3,(H2,11,16). The molecule has 0 aromatic carbocycles. The molecule has 0 aromatic rings. The summed E-state index contributed by atoms with van der Waals surface area (Å²) in [7, 11) is -1.77. The number of hydrogen-bond donors (Lipinski definition) is 1. The normalized spacial score (nSPS) is 24.5. The van der Waals surface area contributed by atoms with Gasteiger partial charge in [0.05, 0.1) is 11.6 Å². The predicted molar refractivity (Wildman–Crippen MR) is 71.3 cm³/mol. The van der Waals surface area contributed by atoms with Crippen molar-refractivity contribution in [3.8, 4) is 0 Å². The molecule has 1 aliphatic heterocycles. The lowest BCUT2D eigenvalue weighted by Gasteiger charge is -2.33. The third kappa shape index (κ3) is 3.61. The number of nitrogens with two attached hydrogens (primary N) is 1. The fraction of sp³-hybridized carbons (Fsp3) is 0.900. The van der Waals surface area contributed by atoms with E-state index in [1.807, 2.05) is 0 Å². The first-order valence-electron chi connectivity index (χ1n) is 5.66. The number of methoxy groups -OCH3 is 1. The summed E-state index contributed by atoms with van der Waals surface area (Å²) in [6.07, 6.45) is 1.86. The average molecular weight is 280 g/mol. The number of nitrogens with zero attached hydrogens (tertiary/aromatic N) is 1. The van der Waals surface area contributed by atoms with Crippen molar-refractivity contribution in [3.63, 3.8) is 0 Å². The van der Waals surface area contributed by atoms with Crippen LogP contribution in [0.3, 0.4) is 0 Å². The molecule has 0 radical (unpaired) electrons. The molecule has 1 heterocycles. The van der Waals surface area contributed by atoms with Crippen molar-refractivity contribution in [3.05, 3.63) is 0 Å². The van der Waals surface area contributed by atoms with Crippen molar-refractivity contribution >= 4 is 27.2 Å². The summed E-state index contributed by atoms with van der Waals surface area (Å²) in [4.78, 5) is 0.0267. The van der Waals surface area contributed by atoms with E-state index in [-0.39, 0.29) is 10.9 Å². The molecule has 0 saturated carbocycles. The predicted octanol–water partition coefficient (Wildman–Crippen LogP) is 0.349. The Kier molecular flexibility index (Phi) is 5.30. The van der Waals surface area contributed by atoms with Gasteiger partial charge in [0, 0.05) is 20.2 Å². The Morgan fingerprint density at radius 3 is 2.82 bits per heavy atom. The van der Waals surface area contributed by atoms with Gasteiger partial charge in [-0.1, -0.05) is 12.2 Å². The number of thiocarbonyl (C=S) groups is 1. The van der Waals surface area contributed by atoms with Crippen LogP contribution in [0, 0.1) is 5.92 Å². The highest BCUT2D eigenvalue weighted by Crippen LogP contribution is 2.21. The van der Waals surface area contributed by atoms with Crippen LogP contribution in [0.4, 0.5) is 0 Å². The first-order valence-corrected chi connectivity index (χ1v) is 7.58. The van der Waals surface area contributed by atoms with Crippen LogP contribution in [-0.2, 0) is 14.8 Å². The lowest BCUT2D eigenvalue weighted by atomic mass is 10.0. The molecule has 100 valence electrons. The molecule has 1 aliphatic rings. The van der Waals surface area contributed by atoms with Crippen molar-refractivity contribution in [1.29, 1.82) is 0 Å². The van der Waals surface area contributed by atoms with Crippen LogP contribution in [0.15, 0.2) is 0 Å². The molecule has 0 spiro atoms. The second kappa shape index (κ2) is 6.08. The molecule has 0 bridgehead atoms. The molecular weight excluding hydrogens is 260 g/mol. The second-order valence-electron chi connectivity index (χ2n) is 4.41. The SMILES string of the molecule is COCC1CCCN(S(=O)(=O)C(C)C(N)=S)C1. The van der Waals surface area contributed by atoms with Gasteiger partial charge in [-0.15, -0.1) is 0 Å². The van der Waals surface area contributed by atoms with Crippen molar-refractivity contribution < 1.29 is 13.2 Å². The van der Waals surface area contributed by atoms with Crippen molar-refractivity contribution in [1.82, 2.24) is 4.31 Å². The van der Waals surface area contributed by atoms with Gasteiger partial charge in [-0.05, 0) is 25.7 Å². The zero-order chi connectivity index (χ0) is 13.1. The fourth-order valence-electron chi connectivity index (χ4n) is 2.00. The Balaban J connectivity index is 2.75. The molecule has 2 unspecified atom stereocenters. The quantitative estimate of drug-likeness (QED) is 0.736. The van der Waals surface area contributed by atoms with Gasteiger partial charge in [0.1, 0.15) is 5.25 Å². The molecule has 1 saturated heterocycles. The van der Waals surface area contributed by atoms with Crippen LogP contribution in [0.25, 0.3) is 0 Å². The molecule has 2 N–H and O–H groups in total. The van der Waals surface area contributed by atoms with E-state index in [9.17, 15) is 8.42 Å². The summed E-state index contributed by atoms with van der Waals surface area (Å²) in [6.45, 7) is 3.18. The summed E-state index contributed by atoms with van der Waals surface area (Å²) < 4.78 is 31.0. The molecule has 0 aliphatic carbocycles. The van der Waals surface area contributed by atoms with E-state index in [1.165, 1.54) is 11.2 Å². The van der Waals surface area contributed by atoms with Crippen molar-refractivity contribution in [2.45, 2.75) is 25.0 Å². The maximum absolute atomic E-state index is 12.2. The summed E-state index contributed by atoms with van der Waals surface area (Å²) in [5.41, 5.74) is 5.42. The third-order valence-electron chi connectivity index (χ3n) is 3.09. The van der Waals surface area contributed by atoms with Gasteiger partial charge in [-0.2, -0.15) is 0 Å². The first-order chi connectivity index (χ1) is 7.89. The van der Waals surface area contributed by atoms with Crippen LogP contribution in [0.2, 0.25) is 0 Å². The Morgan fingerprint density at radius 2 is 2.29 bits per heavy atom. The Bertz CT molecular complexity index is 368. The van der Waals surface area contributed by atoms with E-state index in [2.05, 4.69) is 0 Å². The van der Waals surface area contributed by atoms with Crippen LogP contribution in [0.1, 0.15) is 19.8 Å². The summed E-state index contributed by atoms with van der Waals surface area (Å²) >= 11 is 4.76. The molecule has 7 heteroatoms. The fourth-order valence-corrected chi connectivity index (χ4v) is 3.91. The van der Waals surface area contributed by atoms with Crippen LogP contribution in [-0.4, -0.2) is 49.8 Å². The van der Waals surface area contributed by atoms with Crippen LogP contribution < -0.4 is 5.73 Å². The maximum Gasteiger partial charge on any atom is 0.223 e. The lowest BCUT2D eigenvalue weighted by molar-refractivity contribution is 0.118. The number of sulfonamides is 1. The molecular formula is C10H20N2O3S2. The third-order valence-corrected chi connectivity index (χ3v) is 5.79. The highest BCUT2D eigenvalue weighted by molar-refractivity contribution is 7.92. The number of hydrogen-bond acceptors (Lipinski definition) is 4. The van der Waals surface area contributed by atoms with Gasteiger partial charge in [0.25, 0.3) is 0 Å². The van der Waals surface area contributed by atoms with Gasteiger partial charge in [-0.3, -0.25) is 0 Å². The highest BCUT2D eigenvalue weighted by atomic mass is 32.2. The monoisotopic (exact) mass is 280 g/mol. The Hall–Kier alpha value is -0.240. The maximum atomic E-state index is 12.2. The minimum Gasteiger partial charge on any atom is -0.392 e. The van der Waals surface area contributed by atoms with Gasteiger partial charge >= 0.3 is 0 Å². The molecule has 2 atom stereocenters. The number of ether oxygens (including phenoxy) is 1. The van der Waals surface area contributed by atoms with E-state index in [1.54, 1.807) is 7.11 Å². The number of rotatable bonds is 5. The van der Waals surface area contributed by atoms with Gasteiger partial charge in [0.15, 0.2) is 0 Å². The molecule has 0 aromatic heterocycles. The van der Waals surface area contributed by atoms with E-state index >= 15 is 0 Å². The minimum absolute atomic E-state index is 0.0267. The highest BCUT2D eigenvalue weighted by Gasteiger charge is 2.34. The first kappa shape index (κ1) is 14.8. The summed E-state index contributed by atoms with van der Waals surface area (Å²) in [5, 5.41) is -0.793. The van der Waals surface area contributed by atoms with Crippen molar-refractivity contribution in [2.24, 2.45) is 11.7 Å². The van der Waals surface area contributed by atoms with Gasteiger partial charge < -0.3 is 10.5 Å². The smallest absolute Gasteiger partial charge is 0.223 e. The molecule has 1 rings (SSSR count). The summed E-state index contributed by atoms with van der Waals surface area (Å²) in [6, 6.07) is 0. The Morgan fingerprint density at radius 1 is 1.65 bits per heavy atom. The van der Waals surface area contributed by atoms with Crippen LogP contribution >= 0.6 is 12.2 Å². The van der Waals surface area contributed by atoms with E-state index in [0.717, 1.165) is 12.8 Å². The molecule has 1 fully saturated rings. The lowest BCUT2D eigenvalue weighted by Crippen LogP contribution is -2.47. The van der Waals surface area contributed by atoms with Gasteiger partial charge in [0.2, 0.25) is 10.0 Å². The molecule has 0 amide bonds. The van der Waals surface area contributed by atoms with Crippen molar-refractivity contribution in [2.75, 3.05) is 26.8 Å². The number of piperidine rings is 1. The zero-order valence-electron chi connectivity index (χ0n) is 10.3. The Labute approximate surface area is 108 Å². The minimum atomic E-state index is -3.40. The average Bonchev–Trinajstić information content (AvgIpc) is 2.28. The van der Waals surface area contributed by atoms with Crippen LogP contribution in [0.5, 0.6) is 0 Å². The van der Waals surface area contributed by atoms with Gasteiger partial charge in [-0.25, -0.2) is 12.7 Å². The topological polar surface area (TPSA) is 72.6 Å². The molecule has 5 nitrogen and oxygen atoms in total. The zero-order valence-corrected chi connectivity index (χ0v) is 11.9. The molecule has 17 heavy (non-hydrogen) atoms. The largest absolute Gasteiger partial charge is 0.392 e. The second-order valence-corrected chi connectivity index (χ2v) is 7.14.